The smallest absolute Gasteiger partial charge is 0.462 e. The second kappa shape index (κ2) is 81.8. The molecule has 0 bridgehead atoms. The van der Waals surface area contributed by atoms with E-state index in [9.17, 15) is 43.2 Å². The summed E-state index contributed by atoms with van der Waals surface area (Å²) in [6.45, 7) is 12.1. The van der Waals surface area contributed by atoms with Crippen molar-refractivity contribution in [2.24, 2.45) is 17.8 Å². The molecule has 0 aromatic heterocycles. The Morgan fingerprint density at radius 2 is 0.459 bits per heavy atom. The molecule has 0 aromatic rings. The van der Waals surface area contributed by atoms with E-state index in [1.807, 2.05) is 0 Å². The number of rotatable bonds is 90. The lowest BCUT2D eigenvalue weighted by Gasteiger charge is -2.21. The zero-order valence-corrected chi connectivity index (χ0v) is 75.2. The number of hydrogen-bond acceptors (Lipinski definition) is 15. The molecule has 0 saturated heterocycles. The summed E-state index contributed by atoms with van der Waals surface area (Å²) in [5.41, 5.74) is 0. The van der Waals surface area contributed by atoms with Gasteiger partial charge in [-0.3, -0.25) is 37.3 Å². The molecule has 0 aliphatic rings. The fourth-order valence-corrected chi connectivity index (χ4v) is 16.0. The fraction of sp³-hybridized carbons (Fsp3) is 0.957. The number of unbranched alkanes of at least 4 members (excludes halogenated alkanes) is 57. The number of aliphatic hydroxyl groups excluding tert-OH is 1. The Bertz CT molecular complexity index is 2130. The van der Waals surface area contributed by atoms with E-state index in [1.54, 1.807) is 0 Å². The summed E-state index contributed by atoms with van der Waals surface area (Å²) < 4.78 is 69.1. The third-order valence-electron chi connectivity index (χ3n) is 22.0. The second-order valence-corrected chi connectivity index (χ2v) is 37.2. The molecule has 111 heavy (non-hydrogen) atoms. The van der Waals surface area contributed by atoms with E-state index in [-0.39, 0.29) is 25.7 Å². The lowest BCUT2D eigenvalue weighted by atomic mass is 9.99. The molecule has 0 heterocycles. The Hall–Kier alpha value is -1.94. The van der Waals surface area contributed by atoms with Gasteiger partial charge in [0, 0.05) is 25.7 Å². The molecule has 0 spiro atoms. The molecule has 0 aliphatic carbocycles. The van der Waals surface area contributed by atoms with Gasteiger partial charge in [-0.15, -0.1) is 0 Å². The van der Waals surface area contributed by atoms with Gasteiger partial charge in [-0.05, 0) is 43.4 Å². The molecular weight excluding hydrogens is 1440 g/mol. The minimum absolute atomic E-state index is 0.107. The summed E-state index contributed by atoms with van der Waals surface area (Å²) in [5, 5.41) is 10.7. The van der Waals surface area contributed by atoms with Crippen LogP contribution in [0.25, 0.3) is 0 Å². The normalized spacial score (nSPS) is 14.0. The van der Waals surface area contributed by atoms with Crippen molar-refractivity contribution in [3.63, 3.8) is 0 Å². The SMILES string of the molecule is CCCCCCCCCCCCCCCCCCCCCCCC(=O)OC[C@H](COP(=O)(O)OC[C@@H](O)COP(=O)(O)OC[C@@H](COC(=O)CCCCCCCCCCCC(C)C)OC(=O)CCCCCCCCCCCCCCCC(C)C)OC(=O)CCCCCCCCCCCCCCCCCCCCC(C)CC. The third kappa shape index (κ3) is 84.3. The van der Waals surface area contributed by atoms with Gasteiger partial charge in [0.25, 0.3) is 0 Å². The maximum Gasteiger partial charge on any atom is 0.472 e. The van der Waals surface area contributed by atoms with Crippen LogP contribution in [0, 0.1) is 17.8 Å². The zero-order chi connectivity index (χ0) is 81.5. The Labute approximate surface area is 683 Å². The van der Waals surface area contributed by atoms with Crippen LogP contribution >= 0.6 is 15.6 Å². The Kier molecular flexibility index (Phi) is 80.4. The molecule has 3 N–H and O–H groups in total. The summed E-state index contributed by atoms with van der Waals surface area (Å²) in [5.74, 6) is 0.303. The van der Waals surface area contributed by atoms with Crippen LogP contribution in [0.3, 0.4) is 0 Å². The summed E-state index contributed by atoms with van der Waals surface area (Å²) in [6, 6.07) is 0. The van der Waals surface area contributed by atoms with E-state index in [1.165, 1.54) is 302 Å². The van der Waals surface area contributed by atoms with Crippen molar-refractivity contribution in [2.45, 2.75) is 510 Å². The van der Waals surface area contributed by atoms with Crippen LogP contribution in [0.1, 0.15) is 492 Å². The first kappa shape index (κ1) is 109. The highest BCUT2D eigenvalue weighted by Crippen LogP contribution is 2.45. The van der Waals surface area contributed by atoms with Crippen molar-refractivity contribution in [3.05, 3.63) is 0 Å². The first-order chi connectivity index (χ1) is 53.8. The van der Waals surface area contributed by atoms with Crippen molar-refractivity contribution < 1.29 is 80.2 Å². The van der Waals surface area contributed by atoms with Gasteiger partial charge >= 0.3 is 39.5 Å². The van der Waals surface area contributed by atoms with Gasteiger partial charge in [-0.25, -0.2) is 9.13 Å². The van der Waals surface area contributed by atoms with Crippen molar-refractivity contribution >= 4 is 39.5 Å². The number of phosphoric ester groups is 2. The third-order valence-corrected chi connectivity index (χ3v) is 23.9. The van der Waals surface area contributed by atoms with Crippen LogP contribution in [0.2, 0.25) is 0 Å². The first-order valence-corrected chi connectivity index (χ1v) is 50.4. The van der Waals surface area contributed by atoms with Gasteiger partial charge in [0.15, 0.2) is 12.2 Å². The Morgan fingerprint density at radius 1 is 0.261 bits per heavy atom. The molecule has 0 rings (SSSR count). The first-order valence-electron chi connectivity index (χ1n) is 47.4. The highest BCUT2D eigenvalue weighted by Gasteiger charge is 2.31. The Morgan fingerprint density at radius 3 is 0.685 bits per heavy atom. The van der Waals surface area contributed by atoms with E-state index in [0.717, 1.165) is 108 Å². The van der Waals surface area contributed by atoms with Gasteiger partial charge in [-0.1, -0.05) is 440 Å². The minimum Gasteiger partial charge on any atom is -0.462 e. The molecule has 660 valence electrons. The topological polar surface area (TPSA) is 237 Å². The molecular formula is C92H180O17P2. The number of carbonyl (C=O) groups is 4. The fourth-order valence-electron chi connectivity index (χ4n) is 14.4. The summed E-state index contributed by atoms with van der Waals surface area (Å²) in [7, 11) is -9.94. The largest absolute Gasteiger partial charge is 0.472 e. The van der Waals surface area contributed by atoms with Crippen molar-refractivity contribution in [3.8, 4) is 0 Å². The van der Waals surface area contributed by atoms with Gasteiger partial charge < -0.3 is 33.8 Å². The predicted octanol–water partition coefficient (Wildman–Crippen LogP) is 28.4. The Balaban J connectivity index is 5.24. The maximum absolute atomic E-state index is 13.2. The quantitative estimate of drug-likeness (QED) is 0.0222. The van der Waals surface area contributed by atoms with Crippen LogP contribution < -0.4 is 0 Å². The molecule has 0 amide bonds. The van der Waals surface area contributed by atoms with E-state index in [2.05, 4.69) is 48.5 Å². The summed E-state index contributed by atoms with van der Waals surface area (Å²) in [4.78, 5) is 73.4. The molecule has 19 heteroatoms. The lowest BCUT2D eigenvalue weighted by molar-refractivity contribution is -0.161. The van der Waals surface area contributed by atoms with E-state index < -0.39 is 97.5 Å². The molecule has 0 aliphatic heterocycles. The molecule has 3 unspecified atom stereocenters. The highest BCUT2D eigenvalue weighted by atomic mass is 31.2. The van der Waals surface area contributed by atoms with Crippen LogP contribution in [-0.2, 0) is 65.4 Å². The molecule has 0 aromatic carbocycles. The van der Waals surface area contributed by atoms with E-state index >= 15 is 0 Å². The zero-order valence-electron chi connectivity index (χ0n) is 73.4. The van der Waals surface area contributed by atoms with Crippen LogP contribution in [-0.4, -0.2) is 96.7 Å². The average Bonchev–Trinajstić information content (AvgIpc) is 0.897. The van der Waals surface area contributed by atoms with Crippen LogP contribution in [0.4, 0.5) is 0 Å². The number of aliphatic hydroxyl groups is 1. The molecule has 6 atom stereocenters. The lowest BCUT2D eigenvalue weighted by Crippen LogP contribution is -2.30. The standard InChI is InChI=1S/C92H180O17P2/c1-8-10-11-12-13-14-15-16-17-18-19-20-21-25-28-33-38-45-52-59-66-73-89(94)102-79-87(108-91(96)75-68-61-54-46-39-34-29-26-23-22-24-27-32-37-44-51-58-65-72-85(7)9-2)81-106-110(98,99)104-77-86(93)78-105-111(100,101)107-82-88(80-103-90(95)74-67-60-53-48-41-43-50-57-64-71-84(5)6)109-92(97)76-69-62-55-47-40-35-30-31-36-42-49-56-63-70-83(3)4/h83-88,93H,8-82H2,1-7H3,(H,98,99)(H,100,101)/t85?,86-,87-,88-/m1/s1. The number of ether oxygens (including phenoxy) is 4. The molecule has 0 saturated carbocycles. The van der Waals surface area contributed by atoms with E-state index in [4.69, 9.17) is 37.0 Å². The van der Waals surface area contributed by atoms with E-state index in [0.29, 0.717) is 25.7 Å². The monoisotopic (exact) mass is 1620 g/mol. The van der Waals surface area contributed by atoms with Crippen molar-refractivity contribution in [2.75, 3.05) is 39.6 Å². The molecule has 0 fully saturated rings. The minimum atomic E-state index is -4.97. The average molecular weight is 1620 g/mol. The van der Waals surface area contributed by atoms with Crippen LogP contribution in [0.5, 0.6) is 0 Å². The maximum atomic E-state index is 13.2. The molecule has 17 nitrogen and oxygen atoms in total. The van der Waals surface area contributed by atoms with Crippen molar-refractivity contribution in [1.29, 1.82) is 0 Å². The number of carbonyl (C=O) groups excluding carboxylic acids is 4. The van der Waals surface area contributed by atoms with Crippen molar-refractivity contribution in [1.82, 2.24) is 0 Å². The highest BCUT2D eigenvalue weighted by molar-refractivity contribution is 7.47. The van der Waals surface area contributed by atoms with Crippen LogP contribution in [0.15, 0.2) is 0 Å². The summed E-state index contributed by atoms with van der Waals surface area (Å²) in [6.07, 6.45) is 75.1. The van der Waals surface area contributed by atoms with Gasteiger partial charge in [0.05, 0.1) is 26.4 Å². The predicted molar refractivity (Wildman–Crippen MR) is 460 cm³/mol. The second-order valence-electron chi connectivity index (χ2n) is 34.2. The number of phosphoric acid groups is 2. The number of esters is 4. The number of hydrogen-bond donors (Lipinski definition) is 3. The summed E-state index contributed by atoms with van der Waals surface area (Å²) >= 11 is 0. The molecule has 0 radical (unpaired) electrons. The van der Waals surface area contributed by atoms with Gasteiger partial charge in [0.1, 0.15) is 19.3 Å². The van der Waals surface area contributed by atoms with Gasteiger partial charge in [-0.2, -0.15) is 0 Å². The van der Waals surface area contributed by atoms with Gasteiger partial charge in [0.2, 0.25) is 0 Å².